The fraction of sp³-hybridized carbons (Fsp3) is 0.500. The predicted octanol–water partition coefficient (Wildman–Crippen LogP) is 2.33. The summed E-state index contributed by atoms with van der Waals surface area (Å²) in [4.78, 5) is 15.2. The zero-order valence-corrected chi connectivity index (χ0v) is 11.8. The maximum absolute atomic E-state index is 10.7. The van der Waals surface area contributed by atoms with Gasteiger partial charge in [-0.15, -0.1) is 0 Å². The Morgan fingerprint density at radius 3 is 2.53 bits per heavy atom. The highest BCUT2D eigenvalue weighted by molar-refractivity contribution is 6.33. The number of piperazine rings is 1. The number of halogens is 1. The fourth-order valence-electron chi connectivity index (χ4n) is 2.49. The average molecular weight is 283 g/mol. The molecule has 0 saturated carbocycles. The number of hydrogen-bond acceptors (Lipinski definition) is 3. The molecule has 1 N–H and O–H groups in total. The third-order valence-corrected chi connectivity index (χ3v) is 3.92. The lowest BCUT2D eigenvalue weighted by Gasteiger charge is -2.39. The molecule has 0 radical (unpaired) electrons. The van der Waals surface area contributed by atoms with Gasteiger partial charge in [-0.2, -0.15) is 0 Å². The summed E-state index contributed by atoms with van der Waals surface area (Å²) in [7, 11) is 0. The normalized spacial score (nSPS) is 18.3. The van der Waals surface area contributed by atoms with Crippen LogP contribution in [0.1, 0.15) is 13.3 Å². The summed E-state index contributed by atoms with van der Waals surface area (Å²) in [6.07, 6.45) is 0.200. The molecule has 1 unspecified atom stereocenters. The standard InChI is InChI=1S/C14H19ClN2O2/c1-11(10-14(18)19)16-6-8-17(9-7-16)13-5-3-2-4-12(13)15/h2-5,11H,6-10H2,1H3,(H,18,19). The van der Waals surface area contributed by atoms with Crippen LogP contribution in [0.15, 0.2) is 24.3 Å². The Morgan fingerprint density at radius 1 is 1.32 bits per heavy atom. The van der Waals surface area contributed by atoms with Crippen molar-refractivity contribution >= 4 is 23.3 Å². The number of carbonyl (C=O) groups is 1. The maximum Gasteiger partial charge on any atom is 0.304 e. The van der Waals surface area contributed by atoms with E-state index < -0.39 is 5.97 Å². The summed E-state index contributed by atoms with van der Waals surface area (Å²) in [6.45, 7) is 5.49. The van der Waals surface area contributed by atoms with Crippen LogP contribution in [0.4, 0.5) is 5.69 Å². The van der Waals surface area contributed by atoms with Crippen LogP contribution in [0.25, 0.3) is 0 Å². The second kappa shape index (κ2) is 6.26. The van der Waals surface area contributed by atoms with Gasteiger partial charge in [0, 0.05) is 32.2 Å². The molecule has 1 aromatic carbocycles. The Morgan fingerprint density at radius 2 is 1.95 bits per heavy atom. The molecular formula is C14H19ClN2O2. The lowest BCUT2D eigenvalue weighted by molar-refractivity contribution is -0.138. The molecule has 1 heterocycles. The van der Waals surface area contributed by atoms with Crippen LogP contribution in [0.3, 0.4) is 0 Å². The Labute approximate surface area is 118 Å². The van der Waals surface area contributed by atoms with Gasteiger partial charge in [0.05, 0.1) is 17.1 Å². The van der Waals surface area contributed by atoms with E-state index in [1.165, 1.54) is 0 Å². The molecule has 2 rings (SSSR count). The van der Waals surface area contributed by atoms with Gasteiger partial charge in [-0.25, -0.2) is 0 Å². The van der Waals surface area contributed by atoms with Crippen molar-refractivity contribution in [1.29, 1.82) is 0 Å². The molecule has 5 heteroatoms. The average Bonchev–Trinajstić information content (AvgIpc) is 2.39. The summed E-state index contributed by atoms with van der Waals surface area (Å²) in [5.41, 5.74) is 1.06. The maximum atomic E-state index is 10.7. The third-order valence-electron chi connectivity index (χ3n) is 3.60. The third kappa shape index (κ3) is 3.61. The molecule has 1 saturated heterocycles. The quantitative estimate of drug-likeness (QED) is 0.920. The number of anilines is 1. The van der Waals surface area contributed by atoms with Crippen molar-refractivity contribution in [2.45, 2.75) is 19.4 Å². The molecule has 0 amide bonds. The van der Waals surface area contributed by atoms with Crippen LogP contribution in [-0.4, -0.2) is 48.2 Å². The molecule has 4 nitrogen and oxygen atoms in total. The summed E-state index contributed by atoms with van der Waals surface area (Å²) < 4.78 is 0. The van der Waals surface area contributed by atoms with E-state index in [1.54, 1.807) is 0 Å². The molecule has 1 aliphatic rings. The van der Waals surface area contributed by atoms with Crippen LogP contribution >= 0.6 is 11.6 Å². The van der Waals surface area contributed by atoms with Crippen molar-refractivity contribution < 1.29 is 9.90 Å². The monoisotopic (exact) mass is 282 g/mol. The highest BCUT2D eigenvalue weighted by Crippen LogP contribution is 2.26. The minimum absolute atomic E-state index is 0.0888. The highest BCUT2D eigenvalue weighted by Gasteiger charge is 2.23. The SMILES string of the molecule is CC(CC(=O)O)N1CCN(c2ccccc2Cl)CC1. The molecule has 0 aromatic heterocycles. The second-order valence-electron chi connectivity index (χ2n) is 4.92. The van der Waals surface area contributed by atoms with Gasteiger partial charge in [-0.3, -0.25) is 9.69 Å². The number of rotatable bonds is 4. The van der Waals surface area contributed by atoms with Gasteiger partial charge in [0.25, 0.3) is 0 Å². The minimum atomic E-state index is -0.735. The minimum Gasteiger partial charge on any atom is -0.481 e. The fourth-order valence-corrected chi connectivity index (χ4v) is 2.75. The molecule has 1 aliphatic heterocycles. The number of aliphatic carboxylic acids is 1. The molecule has 19 heavy (non-hydrogen) atoms. The Bertz CT molecular complexity index is 445. The van der Waals surface area contributed by atoms with Crippen molar-refractivity contribution in [2.24, 2.45) is 0 Å². The summed E-state index contributed by atoms with van der Waals surface area (Å²) in [5.74, 6) is -0.735. The van der Waals surface area contributed by atoms with E-state index in [4.69, 9.17) is 16.7 Å². The number of para-hydroxylation sites is 1. The van der Waals surface area contributed by atoms with E-state index >= 15 is 0 Å². The number of benzene rings is 1. The van der Waals surface area contributed by atoms with Crippen LogP contribution < -0.4 is 4.90 Å². The molecule has 0 aliphatic carbocycles. The molecule has 1 atom stereocenters. The number of nitrogens with zero attached hydrogens (tertiary/aromatic N) is 2. The predicted molar refractivity (Wildman–Crippen MR) is 77.0 cm³/mol. The Kier molecular flexibility index (Phi) is 4.66. The van der Waals surface area contributed by atoms with Crippen LogP contribution in [0.2, 0.25) is 5.02 Å². The zero-order valence-electron chi connectivity index (χ0n) is 11.1. The van der Waals surface area contributed by atoms with Crippen molar-refractivity contribution in [3.63, 3.8) is 0 Å². The van der Waals surface area contributed by atoms with Crippen molar-refractivity contribution in [3.05, 3.63) is 29.3 Å². The van der Waals surface area contributed by atoms with Crippen molar-refractivity contribution in [3.8, 4) is 0 Å². The first-order valence-corrected chi connectivity index (χ1v) is 6.91. The zero-order chi connectivity index (χ0) is 13.8. The molecule has 1 fully saturated rings. The first-order valence-electron chi connectivity index (χ1n) is 6.53. The Hall–Kier alpha value is -1.26. The lowest BCUT2D eigenvalue weighted by Crippen LogP contribution is -2.50. The smallest absolute Gasteiger partial charge is 0.304 e. The molecular weight excluding hydrogens is 264 g/mol. The highest BCUT2D eigenvalue weighted by atomic mass is 35.5. The van der Waals surface area contributed by atoms with Crippen LogP contribution in [0.5, 0.6) is 0 Å². The van der Waals surface area contributed by atoms with Crippen molar-refractivity contribution in [2.75, 3.05) is 31.1 Å². The molecule has 0 spiro atoms. The van der Waals surface area contributed by atoms with Gasteiger partial charge in [0.1, 0.15) is 0 Å². The summed E-state index contributed by atoms with van der Waals surface area (Å²) in [6, 6.07) is 7.93. The van der Waals surface area contributed by atoms with E-state index in [9.17, 15) is 4.79 Å². The lowest BCUT2D eigenvalue weighted by atomic mass is 10.1. The Balaban J connectivity index is 1.92. The first-order chi connectivity index (χ1) is 9.08. The van der Waals surface area contributed by atoms with Gasteiger partial charge < -0.3 is 10.0 Å². The molecule has 1 aromatic rings. The van der Waals surface area contributed by atoms with E-state index in [2.05, 4.69) is 9.80 Å². The number of carboxylic acid groups (broad SMARTS) is 1. The van der Waals surface area contributed by atoms with Crippen LogP contribution in [-0.2, 0) is 4.79 Å². The van der Waals surface area contributed by atoms with Crippen molar-refractivity contribution in [1.82, 2.24) is 4.90 Å². The van der Waals surface area contributed by atoms with Gasteiger partial charge in [-0.1, -0.05) is 23.7 Å². The van der Waals surface area contributed by atoms with E-state index in [1.807, 2.05) is 31.2 Å². The second-order valence-corrected chi connectivity index (χ2v) is 5.33. The van der Waals surface area contributed by atoms with Crippen LogP contribution in [0, 0.1) is 0 Å². The largest absolute Gasteiger partial charge is 0.481 e. The van der Waals surface area contributed by atoms with Gasteiger partial charge in [0.15, 0.2) is 0 Å². The van der Waals surface area contributed by atoms with E-state index in [0.29, 0.717) is 0 Å². The molecule has 0 bridgehead atoms. The number of carboxylic acids is 1. The topological polar surface area (TPSA) is 43.8 Å². The van der Waals surface area contributed by atoms with E-state index in [0.717, 1.165) is 36.9 Å². The first kappa shape index (κ1) is 14.2. The number of hydrogen-bond donors (Lipinski definition) is 1. The summed E-state index contributed by atoms with van der Waals surface area (Å²) >= 11 is 6.19. The molecule has 104 valence electrons. The van der Waals surface area contributed by atoms with E-state index in [-0.39, 0.29) is 12.5 Å². The van der Waals surface area contributed by atoms with Gasteiger partial charge in [-0.05, 0) is 19.1 Å². The van der Waals surface area contributed by atoms with Gasteiger partial charge in [0.2, 0.25) is 0 Å². The van der Waals surface area contributed by atoms with Gasteiger partial charge >= 0.3 is 5.97 Å². The summed E-state index contributed by atoms with van der Waals surface area (Å²) in [5, 5.41) is 9.60.